The van der Waals surface area contributed by atoms with E-state index in [-0.39, 0.29) is 10.6 Å². The molecule has 0 aliphatic rings. The van der Waals surface area contributed by atoms with E-state index in [1.165, 1.54) is 4.88 Å². The number of aryl methyl sites for hydroxylation is 1. The van der Waals surface area contributed by atoms with E-state index in [2.05, 4.69) is 6.92 Å². The predicted molar refractivity (Wildman–Crippen MR) is 75.0 cm³/mol. The van der Waals surface area contributed by atoms with E-state index >= 15 is 0 Å². The van der Waals surface area contributed by atoms with Crippen molar-refractivity contribution in [3.8, 4) is 0 Å². The van der Waals surface area contributed by atoms with E-state index < -0.39 is 0 Å². The topological polar surface area (TPSA) is 43.1 Å². The molecule has 0 saturated heterocycles. The zero-order chi connectivity index (χ0) is 13.0. The first kappa shape index (κ1) is 12.5. The number of rotatable bonds is 4. The molecule has 0 fully saturated rings. The number of nitro groups is 1. The molecule has 1 aromatic heterocycles. The summed E-state index contributed by atoms with van der Waals surface area (Å²) in [6.07, 6.45) is 2.59. The summed E-state index contributed by atoms with van der Waals surface area (Å²) in [7, 11) is 0. The van der Waals surface area contributed by atoms with Crippen molar-refractivity contribution in [3.05, 3.63) is 67.9 Å². The van der Waals surface area contributed by atoms with E-state index in [1.54, 1.807) is 41.7 Å². The molecular formula is C14H13NO2S. The average molecular weight is 259 g/mol. The second-order valence-electron chi connectivity index (χ2n) is 3.81. The average Bonchev–Trinajstić information content (AvgIpc) is 2.84. The van der Waals surface area contributed by atoms with Crippen LogP contribution in [0, 0.1) is 10.1 Å². The van der Waals surface area contributed by atoms with Gasteiger partial charge in [0.1, 0.15) is 0 Å². The van der Waals surface area contributed by atoms with Crippen LogP contribution in [0.2, 0.25) is 0 Å². The fourth-order valence-electron chi connectivity index (χ4n) is 1.65. The molecule has 0 unspecified atom stereocenters. The maximum atomic E-state index is 11.1. The van der Waals surface area contributed by atoms with Crippen LogP contribution in [0.15, 0.2) is 42.5 Å². The molecule has 1 heterocycles. The maximum absolute atomic E-state index is 11.1. The lowest BCUT2D eigenvalue weighted by molar-refractivity contribution is -0.374. The highest BCUT2D eigenvalue weighted by molar-refractivity contribution is 7.12. The van der Waals surface area contributed by atoms with Crippen molar-refractivity contribution in [2.75, 3.05) is 0 Å². The normalized spacial score (nSPS) is 11.5. The van der Waals surface area contributed by atoms with Crippen molar-refractivity contribution in [2.45, 2.75) is 13.3 Å². The smallest absolute Gasteiger partial charge is 0.258 e. The van der Waals surface area contributed by atoms with E-state index in [0.717, 1.165) is 11.3 Å². The Labute approximate surface area is 110 Å². The molecule has 0 amide bonds. The van der Waals surface area contributed by atoms with E-state index in [4.69, 9.17) is 0 Å². The zero-order valence-electron chi connectivity index (χ0n) is 10.00. The van der Waals surface area contributed by atoms with Crippen molar-refractivity contribution in [1.82, 2.24) is 0 Å². The molecule has 0 aliphatic heterocycles. The molecule has 3 nitrogen and oxygen atoms in total. The highest BCUT2D eigenvalue weighted by Gasteiger charge is 2.14. The monoisotopic (exact) mass is 259 g/mol. The summed E-state index contributed by atoms with van der Waals surface area (Å²) in [5.74, 6) is 0. The van der Waals surface area contributed by atoms with Gasteiger partial charge < -0.3 is 0 Å². The summed E-state index contributed by atoms with van der Waals surface area (Å²) in [4.78, 5) is 12.9. The molecule has 0 N–H and O–H groups in total. The minimum Gasteiger partial charge on any atom is -0.258 e. The van der Waals surface area contributed by atoms with Gasteiger partial charge in [-0.3, -0.25) is 10.1 Å². The van der Waals surface area contributed by atoms with E-state index in [9.17, 15) is 10.1 Å². The van der Waals surface area contributed by atoms with Crippen LogP contribution in [0.5, 0.6) is 0 Å². The summed E-state index contributed by atoms with van der Waals surface area (Å²) in [5.41, 5.74) is 0.772. The lowest BCUT2D eigenvalue weighted by Gasteiger charge is -1.97. The van der Waals surface area contributed by atoms with Crippen LogP contribution in [-0.4, -0.2) is 4.92 Å². The van der Waals surface area contributed by atoms with Crippen LogP contribution in [-0.2, 0) is 6.42 Å². The van der Waals surface area contributed by atoms with Crippen LogP contribution < -0.4 is 0 Å². The number of nitrogens with zero attached hydrogens (tertiary/aromatic N) is 1. The SMILES string of the molecule is CCc1ccc(/C=C(\c2ccccc2)[N+](=O)[O-])s1. The van der Waals surface area contributed by atoms with Crippen LogP contribution >= 0.6 is 11.3 Å². The molecule has 92 valence electrons. The van der Waals surface area contributed by atoms with Gasteiger partial charge >= 0.3 is 0 Å². The summed E-state index contributed by atoms with van der Waals surface area (Å²) in [6.45, 7) is 2.07. The van der Waals surface area contributed by atoms with Crippen LogP contribution in [0.4, 0.5) is 0 Å². The highest BCUT2D eigenvalue weighted by Crippen LogP contribution is 2.24. The molecule has 0 radical (unpaired) electrons. The third kappa shape index (κ3) is 2.84. The molecule has 18 heavy (non-hydrogen) atoms. The minimum absolute atomic E-state index is 0.139. The van der Waals surface area contributed by atoms with Gasteiger partial charge in [-0.05, 0) is 30.7 Å². The summed E-state index contributed by atoms with van der Waals surface area (Å²) in [6, 6.07) is 12.9. The fraction of sp³-hybridized carbons (Fsp3) is 0.143. The van der Waals surface area contributed by atoms with Gasteiger partial charge in [0.15, 0.2) is 0 Å². The Bertz CT molecular complexity index is 572. The Kier molecular flexibility index (Phi) is 3.89. The maximum Gasteiger partial charge on any atom is 0.277 e. The third-order valence-electron chi connectivity index (χ3n) is 2.58. The van der Waals surface area contributed by atoms with Gasteiger partial charge in [-0.15, -0.1) is 11.3 Å². The Morgan fingerprint density at radius 2 is 2.00 bits per heavy atom. The second-order valence-corrected chi connectivity index (χ2v) is 5.01. The Hall–Kier alpha value is -1.94. The molecule has 2 aromatic rings. The minimum atomic E-state index is -0.333. The van der Waals surface area contributed by atoms with Crippen molar-refractivity contribution < 1.29 is 4.92 Å². The van der Waals surface area contributed by atoms with Gasteiger partial charge in [0, 0.05) is 15.8 Å². The largest absolute Gasteiger partial charge is 0.277 e. The van der Waals surface area contributed by atoms with Crippen molar-refractivity contribution in [2.24, 2.45) is 0 Å². The van der Waals surface area contributed by atoms with E-state index in [0.29, 0.717) is 5.56 Å². The second kappa shape index (κ2) is 5.60. The van der Waals surface area contributed by atoms with Gasteiger partial charge in [-0.25, -0.2) is 0 Å². The van der Waals surface area contributed by atoms with Crippen molar-refractivity contribution in [3.63, 3.8) is 0 Å². The first-order valence-corrected chi connectivity index (χ1v) is 6.52. The number of benzene rings is 1. The zero-order valence-corrected chi connectivity index (χ0v) is 10.8. The van der Waals surface area contributed by atoms with E-state index in [1.807, 2.05) is 18.2 Å². The van der Waals surface area contributed by atoms with Gasteiger partial charge in [-0.2, -0.15) is 0 Å². The molecule has 0 bridgehead atoms. The molecule has 0 atom stereocenters. The van der Waals surface area contributed by atoms with Crippen LogP contribution in [0.25, 0.3) is 11.8 Å². The lowest BCUT2D eigenvalue weighted by atomic mass is 10.1. The molecule has 1 aromatic carbocycles. The Morgan fingerprint density at radius 3 is 2.56 bits per heavy atom. The Balaban J connectivity index is 2.39. The molecule has 0 saturated carbocycles. The van der Waals surface area contributed by atoms with Gasteiger partial charge in [-0.1, -0.05) is 25.1 Å². The molecule has 4 heteroatoms. The molecule has 0 aliphatic carbocycles. The van der Waals surface area contributed by atoms with Gasteiger partial charge in [0.05, 0.1) is 10.5 Å². The van der Waals surface area contributed by atoms with Crippen LogP contribution in [0.1, 0.15) is 22.2 Å². The van der Waals surface area contributed by atoms with Gasteiger partial charge in [0.25, 0.3) is 5.70 Å². The summed E-state index contributed by atoms with van der Waals surface area (Å²) >= 11 is 1.59. The number of hydrogen-bond donors (Lipinski definition) is 0. The molecule has 0 spiro atoms. The first-order chi connectivity index (χ1) is 8.70. The van der Waals surface area contributed by atoms with Crippen molar-refractivity contribution >= 4 is 23.1 Å². The molecule has 2 rings (SSSR count). The summed E-state index contributed by atoms with van der Waals surface area (Å²) < 4.78 is 0. The lowest BCUT2D eigenvalue weighted by Crippen LogP contribution is -1.96. The molecular weight excluding hydrogens is 246 g/mol. The van der Waals surface area contributed by atoms with Gasteiger partial charge in [0.2, 0.25) is 0 Å². The van der Waals surface area contributed by atoms with Crippen LogP contribution in [0.3, 0.4) is 0 Å². The fourth-order valence-corrected chi connectivity index (χ4v) is 2.54. The first-order valence-electron chi connectivity index (χ1n) is 5.71. The highest BCUT2D eigenvalue weighted by atomic mass is 32.1. The predicted octanol–water partition coefficient (Wildman–Crippen LogP) is 4.09. The Morgan fingerprint density at radius 1 is 1.28 bits per heavy atom. The summed E-state index contributed by atoms with van der Waals surface area (Å²) in [5, 5.41) is 11.1. The quantitative estimate of drug-likeness (QED) is 0.613. The number of thiophene rings is 1. The number of hydrogen-bond acceptors (Lipinski definition) is 3. The van der Waals surface area contributed by atoms with Crippen molar-refractivity contribution in [1.29, 1.82) is 0 Å². The third-order valence-corrected chi connectivity index (χ3v) is 3.75. The standard InChI is InChI=1S/C14H13NO2S/c1-2-12-8-9-13(18-12)10-14(15(16)17)11-6-4-3-5-7-11/h3-10H,2H2,1H3/b14-10+.